The smallest absolute Gasteiger partial charge is 0.269 e. The van der Waals surface area contributed by atoms with Gasteiger partial charge in [0.1, 0.15) is 11.5 Å². The summed E-state index contributed by atoms with van der Waals surface area (Å²) >= 11 is 0. The van der Waals surface area contributed by atoms with E-state index in [2.05, 4.69) is 0 Å². The number of ether oxygens (including phenoxy) is 1. The van der Waals surface area contributed by atoms with Crippen molar-refractivity contribution < 1.29 is 19.6 Å². The topological polar surface area (TPSA) is 89.7 Å². The van der Waals surface area contributed by atoms with Crippen LogP contribution in [0.3, 0.4) is 0 Å². The highest BCUT2D eigenvalue weighted by Gasteiger charge is 2.26. The first-order valence-electron chi connectivity index (χ1n) is 6.73. The van der Waals surface area contributed by atoms with Crippen LogP contribution in [-0.4, -0.2) is 15.8 Å². The highest BCUT2D eigenvalue weighted by molar-refractivity contribution is 6.12. The number of allylic oxidation sites excluding steroid dienone is 3. The zero-order valence-electron chi connectivity index (χ0n) is 11.8. The van der Waals surface area contributed by atoms with Crippen molar-refractivity contribution in [2.24, 2.45) is 0 Å². The molecule has 0 fully saturated rings. The second-order valence-electron chi connectivity index (χ2n) is 4.85. The van der Waals surface area contributed by atoms with Crippen LogP contribution in [0, 0.1) is 10.1 Å². The van der Waals surface area contributed by atoms with Gasteiger partial charge in [0.15, 0.2) is 5.76 Å². The number of aromatic hydroxyl groups is 1. The zero-order valence-corrected chi connectivity index (χ0v) is 11.8. The fourth-order valence-corrected chi connectivity index (χ4v) is 2.14. The van der Waals surface area contributed by atoms with E-state index in [1.807, 2.05) is 0 Å². The Labute approximate surface area is 131 Å². The molecule has 2 aromatic rings. The first kappa shape index (κ1) is 14.5. The van der Waals surface area contributed by atoms with Gasteiger partial charge in [0, 0.05) is 18.2 Å². The summed E-state index contributed by atoms with van der Waals surface area (Å²) in [5.74, 6) is 0.251. The van der Waals surface area contributed by atoms with Crippen molar-refractivity contribution in [1.29, 1.82) is 0 Å². The SMILES string of the molecule is O=C1/C(=C/C=C/c2ccc([N+](=O)[O-])cc2)Oc2cc(O)ccc21. The molecule has 1 aliphatic heterocycles. The molecule has 0 aliphatic carbocycles. The lowest BCUT2D eigenvalue weighted by atomic mass is 10.1. The van der Waals surface area contributed by atoms with Gasteiger partial charge in [-0.1, -0.05) is 12.2 Å². The molecule has 6 nitrogen and oxygen atoms in total. The molecular weight excluding hydrogens is 298 g/mol. The van der Waals surface area contributed by atoms with Crippen molar-refractivity contribution in [2.75, 3.05) is 0 Å². The van der Waals surface area contributed by atoms with Crippen molar-refractivity contribution in [3.05, 3.63) is 81.6 Å². The van der Waals surface area contributed by atoms with Crippen molar-refractivity contribution >= 4 is 17.5 Å². The van der Waals surface area contributed by atoms with Crippen molar-refractivity contribution in [2.45, 2.75) is 0 Å². The molecule has 0 saturated heterocycles. The largest absolute Gasteiger partial charge is 0.508 e. The molecule has 3 rings (SSSR count). The molecule has 0 saturated carbocycles. The normalized spacial score (nSPS) is 15.0. The molecule has 0 amide bonds. The Balaban J connectivity index is 1.76. The van der Waals surface area contributed by atoms with Gasteiger partial charge < -0.3 is 9.84 Å². The maximum Gasteiger partial charge on any atom is 0.269 e. The van der Waals surface area contributed by atoms with Gasteiger partial charge >= 0.3 is 0 Å². The molecule has 0 radical (unpaired) electrons. The number of phenolic OH excluding ortho intramolecular Hbond substituents is 1. The Morgan fingerprint density at radius 2 is 1.87 bits per heavy atom. The Morgan fingerprint density at radius 1 is 1.13 bits per heavy atom. The summed E-state index contributed by atoms with van der Waals surface area (Å²) in [5, 5.41) is 20.0. The quantitative estimate of drug-likeness (QED) is 0.532. The first-order chi connectivity index (χ1) is 11.0. The minimum atomic E-state index is -0.465. The van der Waals surface area contributed by atoms with Crippen LogP contribution in [-0.2, 0) is 0 Å². The number of nitro benzene ring substituents is 1. The number of ketones is 1. The minimum Gasteiger partial charge on any atom is -0.508 e. The maximum absolute atomic E-state index is 12.1. The maximum atomic E-state index is 12.1. The van der Waals surface area contributed by atoms with Crippen LogP contribution in [0.4, 0.5) is 5.69 Å². The lowest BCUT2D eigenvalue weighted by Gasteiger charge is -1.97. The van der Waals surface area contributed by atoms with Crippen molar-refractivity contribution in [1.82, 2.24) is 0 Å². The molecule has 1 aliphatic rings. The third kappa shape index (κ3) is 2.96. The molecule has 6 heteroatoms. The van der Waals surface area contributed by atoms with Crippen LogP contribution in [0.1, 0.15) is 15.9 Å². The molecule has 1 heterocycles. The number of rotatable bonds is 3. The number of fused-ring (bicyclic) bond motifs is 1. The Kier molecular flexibility index (Phi) is 3.64. The van der Waals surface area contributed by atoms with Gasteiger partial charge in [-0.05, 0) is 35.9 Å². The molecule has 1 N–H and O–H groups in total. The summed E-state index contributed by atoms with van der Waals surface area (Å²) in [6.45, 7) is 0. The van der Waals surface area contributed by atoms with E-state index in [4.69, 9.17) is 4.74 Å². The van der Waals surface area contributed by atoms with Gasteiger partial charge in [0.25, 0.3) is 5.69 Å². The predicted molar refractivity (Wildman–Crippen MR) is 83.3 cm³/mol. The van der Waals surface area contributed by atoms with Crippen molar-refractivity contribution in [3.63, 3.8) is 0 Å². The van der Waals surface area contributed by atoms with Crippen LogP contribution in [0.5, 0.6) is 11.5 Å². The number of hydrogen-bond acceptors (Lipinski definition) is 5. The minimum absolute atomic E-state index is 0.0186. The number of phenols is 1. The molecule has 0 spiro atoms. The average Bonchev–Trinajstić information content (AvgIpc) is 2.83. The zero-order chi connectivity index (χ0) is 16.4. The monoisotopic (exact) mass is 309 g/mol. The van der Waals surface area contributed by atoms with E-state index in [-0.39, 0.29) is 23.0 Å². The first-order valence-corrected chi connectivity index (χ1v) is 6.73. The standard InChI is InChI=1S/C17H11NO5/c19-13-8-9-14-16(10-13)23-15(17(14)20)3-1-2-11-4-6-12(7-5-11)18(21)22/h1-10,19H/b2-1+,15-3-. The number of nitrogens with zero attached hydrogens (tertiary/aromatic N) is 1. The van der Waals surface area contributed by atoms with E-state index >= 15 is 0 Å². The van der Waals surface area contributed by atoms with Gasteiger partial charge in [-0.3, -0.25) is 14.9 Å². The number of nitro groups is 1. The Bertz CT molecular complexity index is 850. The van der Waals surface area contributed by atoms with Gasteiger partial charge in [-0.2, -0.15) is 0 Å². The van der Waals surface area contributed by atoms with Crippen LogP contribution >= 0.6 is 0 Å². The summed E-state index contributed by atoms with van der Waals surface area (Å²) in [6.07, 6.45) is 4.84. The van der Waals surface area contributed by atoms with Gasteiger partial charge in [-0.15, -0.1) is 0 Å². The van der Waals surface area contributed by atoms with Crippen LogP contribution in [0.15, 0.2) is 60.4 Å². The van der Waals surface area contributed by atoms with Gasteiger partial charge in [0.2, 0.25) is 5.78 Å². The molecule has 2 aromatic carbocycles. The molecule has 0 bridgehead atoms. The highest BCUT2D eigenvalue weighted by atomic mass is 16.6. The van der Waals surface area contributed by atoms with Crippen LogP contribution in [0.2, 0.25) is 0 Å². The summed E-state index contributed by atoms with van der Waals surface area (Å²) in [7, 11) is 0. The molecular formula is C17H11NO5. The lowest BCUT2D eigenvalue weighted by molar-refractivity contribution is -0.384. The van der Waals surface area contributed by atoms with Gasteiger partial charge in [0.05, 0.1) is 10.5 Å². The third-order valence-electron chi connectivity index (χ3n) is 3.29. The molecule has 114 valence electrons. The number of benzene rings is 2. The van der Waals surface area contributed by atoms with Crippen LogP contribution < -0.4 is 4.74 Å². The van der Waals surface area contributed by atoms with Crippen molar-refractivity contribution in [3.8, 4) is 11.5 Å². The Hall–Kier alpha value is -3.41. The highest BCUT2D eigenvalue weighted by Crippen LogP contribution is 2.33. The second-order valence-corrected chi connectivity index (χ2v) is 4.85. The lowest BCUT2D eigenvalue weighted by Crippen LogP contribution is -1.97. The summed E-state index contributed by atoms with van der Waals surface area (Å²) in [6, 6.07) is 10.3. The van der Waals surface area contributed by atoms with E-state index in [0.717, 1.165) is 5.56 Å². The fraction of sp³-hybridized carbons (Fsp3) is 0. The van der Waals surface area contributed by atoms with E-state index in [1.165, 1.54) is 36.4 Å². The van der Waals surface area contributed by atoms with E-state index < -0.39 is 4.92 Å². The number of Topliss-reactive ketones (excluding diaryl/α,β-unsaturated/α-hetero) is 1. The summed E-state index contributed by atoms with van der Waals surface area (Å²) < 4.78 is 5.40. The summed E-state index contributed by atoms with van der Waals surface area (Å²) in [4.78, 5) is 22.2. The number of hydrogen-bond donors (Lipinski definition) is 1. The summed E-state index contributed by atoms with van der Waals surface area (Å²) in [5.41, 5.74) is 1.18. The molecule has 0 unspecified atom stereocenters. The predicted octanol–water partition coefficient (Wildman–Crippen LogP) is 3.47. The fourth-order valence-electron chi connectivity index (χ4n) is 2.14. The second kappa shape index (κ2) is 5.76. The van der Waals surface area contributed by atoms with E-state index in [9.17, 15) is 20.0 Å². The number of carbonyl (C=O) groups is 1. The Morgan fingerprint density at radius 3 is 2.57 bits per heavy atom. The van der Waals surface area contributed by atoms with Gasteiger partial charge in [-0.25, -0.2) is 0 Å². The van der Waals surface area contributed by atoms with E-state index in [1.54, 1.807) is 24.3 Å². The molecule has 0 atom stereocenters. The number of carbonyl (C=O) groups excluding carboxylic acids is 1. The average molecular weight is 309 g/mol. The molecule has 0 aromatic heterocycles. The number of non-ortho nitro benzene ring substituents is 1. The van der Waals surface area contributed by atoms with E-state index in [0.29, 0.717) is 11.3 Å². The molecule has 23 heavy (non-hydrogen) atoms. The third-order valence-corrected chi connectivity index (χ3v) is 3.29. The van der Waals surface area contributed by atoms with Crippen LogP contribution in [0.25, 0.3) is 6.08 Å².